The van der Waals surface area contributed by atoms with Crippen molar-refractivity contribution >= 4 is 22.5 Å². The minimum Gasteiger partial charge on any atom is -0.457 e. The molecule has 0 amide bonds. The van der Waals surface area contributed by atoms with Crippen molar-refractivity contribution in [1.82, 2.24) is 4.98 Å². The van der Waals surface area contributed by atoms with Crippen LogP contribution < -0.4 is 4.74 Å². The zero-order valence-electron chi connectivity index (χ0n) is 12.9. The summed E-state index contributed by atoms with van der Waals surface area (Å²) in [5, 5.41) is 1.84. The van der Waals surface area contributed by atoms with Gasteiger partial charge in [0, 0.05) is 11.1 Å². The van der Waals surface area contributed by atoms with Crippen molar-refractivity contribution in [3.05, 3.63) is 64.8 Å². The number of aromatic nitrogens is 1. The Morgan fingerprint density at radius 2 is 1.70 bits per heavy atom. The van der Waals surface area contributed by atoms with Crippen LogP contribution in [0.1, 0.15) is 30.5 Å². The highest BCUT2D eigenvalue weighted by Crippen LogP contribution is 2.34. The van der Waals surface area contributed by atoms with Crippen molar-refractivity contribution in [2.75, 3.05) is 0 Å². The Morgan fingerprint density at radius 1 is 0.870 bits per heavy atom. The largest absolute Gasteiger partial charge is 0.457 e. The van der Waals surface area contributed by atoms with Crippen LogP contribution in [0.2, 0.25) is 5.02 Å². The molecule has 4 rings (SSSR count). The Balaban J connectivity index is 1.77. The summed E-state index contributed by atoms with van der Waals surface area (Å²) in [6, 6.07) is 15.8. The minimum atomic E-state index is 0.793. The number of hydrogen-bond acceptors (Lipinski definition) is 2. The van der Waals surface area contributed by atoms with Gasteiger partial charge in [-0.1, -0.05) is 36.2 Å². The zero-order valence-corrected chi connectivity index (χ0v) is 13.6. The van der Waals surface area contributed by atoms with Crippen LogP contribution in [0.5, 0.6) is 11.5 Å². The Morgan fingerprint density at radius 3 is 2.57 bits per heavy atom. The molecule has 1 aliphatic rings. The summed E-state index contributed by atoms with van der Waals surface area (Å²) in [5.74, 6) is 1.62. The first kappa shape index (κ1) is 14.5. The van der Waals surface area contributed by atoms with Gasteiger partial charge in [-0.2, -0.15) is 0 Å². The molecule has 2 aromatic carbocycles. The van der Waals surface area contributed by atoms with Gasteiger partial charge in [0.15, 0.2) is 0 Å². The maximum absolute atomic E-state index is 6.71. The highest BCUT2D eigenvalue weighted by molar-refractivity contribution is 6.36. The van der Waals surface area contributed by atoms with E-state index in [-0.39, 0.29) is 0 Å². The zero-order chi connectivity index (χ0) is 15.6. The van der Waals surface area contributed by atoms with Crippen LogP contribution in [-0.4, -0.2) is 4.98 Å². The molecule has 1 aliphatic carbocycles. The number of nitrogens with zero attached hydrogens (tertiary/aromatic N) is 1. The lowest BCUT2D eigenvalue weighted by Crippen LogP contribution is -1.98. The summed E-state index contributed by atoms with van der Waals surface area (Å²) in [6.45, 7) is 0. The fraction of sp³-hybridized carbons (Fsp3) is 0.250. The van der Waals surface area contributed by atoms with E-state index >= 15 is 0 Å². The number of ether oxygens (including phenoxy) is 1. The van der Waals surface area contributed by atoms with Gasteiger partial charge in [0.25, 0.3) is 0 Å². The van der Waals surface area contributed by atoms with Gasteiger partial charge in [-0.15, -0.1) is 0 Å². The molecule has 3 aromatic rings. The van der Waals surface area contributed by atoms with Crippen molar-refractivity contribution in [2.24, 2.45) is 0 Å². The molecule has 0 spiro atoms. The minimum absolute atomic E-state index is 0.793. The molecule has 0 N–H and O–H groups in total. The van der Waals surface area contributed by atoms with Gasteiger partial charge in [-0.25, -0.2) is 0 Å². The summed E-state index contributed by atoms with van der Waals surface area (Å²) in [6.07, 6.45) is 5.72. The SMILES string of the molecule is Clc1c2c(nc3ccc(Oc4ccccc4)cc13)CCCCC2. The summed E-state index contributed by atoms with van der Waals surface area (Å²) < 4.78 is 5.92. The van der Waals surface area contributed by atoms with Gasteiger partial charge in [-0.05, 0) is 61.6 Å². The third kappa shape index (κ3) is 2.91. The van der Waals surface area contributed by atoms with E-state index in [2.05, 4.69) is 0 Å². The van der Waals surface area contributed by atoms with Crippen molar-refractivity contribution in [1.29, 1.82) is 0 Å². The number of hydrogen-bond donors (Lipinski definition) is 0. The van der Waals surface area contributed by atoms with E-state index in [0.717, 1.165) is 40.3 Å². The Kier molecular flexibility index (Phi) is 3.92. The average molecular weight is 324 g/mol. The fourth-order valence-corrected chi connectivity index (χ4v) is 3.57. The highest BCUT2D eigenvalue weighted by Gasteiger charge is 2.16. The number of fused-ring (bicyclic) bond motifs is 2. The second-order valence-corrected chi connectivity index (χ2v) is 6.38. The van der Waals surface area contributed by atoms with E-state index in [1.165, 1.54) is 30.5 Å². The van der Waals surface area contributed by atoms with Gasteiger partial charge >= 0.3 is 0 Å². The number of pyridine rings is 1. The first-order chi connectivity index (χ1) is 11.3. The lowest BCUT2D eigenvalue weighted by atomic mass is 10.0. The predicted octanol–water partition coefficient (Wildman–Crippen LogP) is 5.95. The molecule has 23 heavy (non-hydrogen) atoms. The molecule has 1 aromatic heterocycles. The van der Waals surface area contributed by atoms with E-state index in [1.807, 2.05) is 48.5 Å². The first-order valence-electron chi connectivity index (χ1n) is 8.15. The number of aryl methyl sites for hydroxylation is 1. The lowest BCUT2D eigenvalue weighted by molar-refractivity contribution is 0.483. The molecule has 0 aliphatic heterocycles. The molecule has 2 nitrogen and oxygen atoms in total. The second-order valence-electron chi connectivity index (χ2n) is 6.01. The van der Waals surface area contributed by atoms with Gasteiger partial charge in [0.05, 0.1) is 10.5 Å². The molecular weight excluding hydrogens is 306 g/mol. The van der Waals surface area contributed by atoms with Crippen LogP contribution in [0.4, 0.5) is 0 Å². The first-order valence-corrected chi connectivity index (χ1v) is 8.53. The molecule has 0 atom stereocenters. The van der Waals surface area contributed by atoms with Crippen LogP contribution >= 0.6 is 11.6 Å². The van der Waals surface area contributed by atoms with Crippen LogP contribution in [0.3, 0.4) is 0 Å². The van der Waals surface area contributed by atoms with Crippen molar-refractivity contribution in [3.63, 3.8) is 0 Å². The second kappa shape index (κ2) is 6.21. The van der Waals surface area contributed by atoms with Crippen molar-refractivity contribution in [3.8, 4) is 11.5 Å². The van der Waals surface area contributed by atoms with Gasteiger partial charge in [-0.3, -0.25) is 4.98 Å². The predicted molar refractivity (Wildman–Crippen MR) is 94.5 cm³/mol. The monoisotopic (exact) mass is 323 g/mol. The average Bonchev–Trinajstić information content (AvgIpc) is 2.82. The number of halogens is 1. The standard InChI is InChI=1S/C20H18ClNO/c21-20-16-9-5-2-6-10-18(16)22-19-12-11-15(13-17(19)20)23-14-7-3-1-4-8-14/h1,3-4,7-8,11-13H,2,5-6,9-10H2. The van der Waals surface area contributed by atoms with Crippen molar-refractivity contribution < 1.29 is 4.74 Å². The Hall–Kier alpha value is -2.06. The third-order valence-electron chi connectivity index (χ3n) is 4.39. The number of rotatable bonds is 2. The highest BCUT2D eigenvalue weighted by atomic mass is 35.5. The Bertz CT molecular complexity index is 845. The smallest absolute Gasteiger partial charge is 0.128 e. The number of benzene rings is 2. The normalized spacial score (nSPS) is 14.3. The molecular formula is C20H18ClNO. The van der Waals surface area contributed by atoms with Crippen LogP contribution in [-0.2, 0) is 12.8 Å². The summed E-state index contributed by atoms with van der Waals surface area (Å²) in [4.78, 5) is 4.84. The molecule has 0 bridgehead atoms. The summed E-state index contributed by atoms with van der Waals surface area (Å²) >= 11 is 6.71. The molecule has 0 radical (unpaired) electrons. The van der Waals surface area contributed by atoms with Gasteiger partial charge in [0.2, 0.25) is 0 Å². The van der Waals surface area contributed by atoms with Crippen molar-refractivity contribution in [2.45, 2.75) is 32.1 Å². The maximum atomic E-state index is 6.71. The summed E-state index contributed by atoms with van der Waals surface area (Å²) in [5.41, 5.74) is 3.36. The molecule has 0 saturated heterocycles. The molecule has 116 valence electrons. The maximum Gasteiger partial charge on any atom is 0.128 e. The van der Waals surface area contributed by atoms with E-state index in [4.69, 9.17) is 21.3 Å². The lowest BCUT2D eigenvalue weighted by Gasteiger charge is -2.12. The van der Waals surface area contributed by atoms with E-state index in [1.54, 1.807) is 0 Å². The topological polar surface area (TPSA) is 22.1 Å². The van der Waals surface area contributed by atoms with Crippen LogP contribution in [0.25, 0.3) is 10.9 Å². The quantitative estimate of drug-likeness (QED) is 0.544. The molecule has 1 heterocycles. The molecule has 0 saturated carbocycles. The van der Waals surface area contributed by atoms with E-state index in [9.17, 15) is 0 Å². The number of para-hydroxylation sites is 1. The summed E-state index contributed by atoms with van der Waals surface area (Å²) in [7, 11) is 0. The fourth-order valence-electron chi connectivity index (χ4n) is 3.21. The third-order valence-corrected chi connectivity index (χ3v) is 4.82. The Labute approximate surface area is 141 Å². The molecule has 3 heteroatoms. The van der Waals surface area contributed by atoms with E-state index in [0.29, 0.717) is 0 Å². The van der Waals surface area contributed by atoms with Gasteiger partial charge in [0.1, 0.15) is 11.5 Å². The van der Waals surface area contributed by atoms with Gasteiger partial charge < -0.3 is 4.74 Å². The molecule has 0 fully saturated rings. The van der Waals surface area contributed by atoms with Crippen LogP contribution in [0.15, 0.2) is 48.5 Å². The van der Waals surface area contributed by atoms with E-state index < -0.39 is 0 Å². The van der Waals surface area contributed by atoms with Crippen LogP contribution in [0, 0.1) is 0 Å². The molecule has 0 unspecified atom stereocenters.